The Hall–Kier alpha value is -2.80. The van der Waals surface area contributed by atoms with Gasteiger partial charge in [-0.2, -0.15) is 0 Å². The van der Waals surface area contributed by atoms with Gasteiger partial charge in [0.2, 0.25) is 0 Å². The molecule has 1 aromatic carbocycles. The third kappa shape index (κ3) is 3.38. The second kappa shape index (κ2) is 7.31. The van der Waals surface area contributed by atoms with E-state index in [1.54, 1.807) is 24.3 Å². The largest absolute Gasteiger partial charge is 0.478 e. The normalized spacial score (nSPS) is 15.9. The van der Waals surface area contributed by atoms with Crippen LogP contribution >= 0.6 is 11.8 Å². The van der Waals surface area contributed by atoms with Gasteiger partial charge in [-0.1, -0.05) is 6.07 Å². The van der Waals surface area contributed by atoms with Crippen LogP contribution in [0.15, 0.2) is 29.2 Å². The highest BCUT2D eigenvalue weighted by Gasteiger charge is 2.36. The zero-order valence-corrected chi connectivity index (χ0v) is 17.3. The number of carboxylic acids is 1. The number of aromatic carboxylic acids is 1. The van der Waals surface area contributed by atoms with Crippen molar-refractivity contribution in [3.05, 3.63) is 57.2 Å². The number of amides is 2. The number of hydrogen-bond acceptors (Lipinski definition) is 4. The Kier molecular flexibility index (Phi) is 5.21. The lowest BCUT2D eigenvalue weighted by Crippen LogP contribution is -2.34. The smallest absolute Gasteiger partial charge is 0.335 e. The summed E-state index contributed by atoms with van der Waals surface area (Å²) in [4.78, 5) is 37.7. The van der Waals surface area contributed by atoms with E-state index >= 15 is 0 Å². The Labute approximate surface area is 167 Å². The van der Waals surface area contributed by atoms with Gasteiger partial charge in [0.15, 0.2) is 0 Å². The van der Waals surface area contributed by atoms with E-state index < -0.39 is 5.97 Å². The number of nitrogens with zero attached hydrogens (tertiary/aromatic N) is 2. The fourth-order valence-corrected chi connectivity index (χ4v) is 4.31. The van der Waals surface area contributed by atoms with Gasteiger partial charge in [0.25, 0.3) is 11.1 Å². The molecule has 2 aromatic rings. The minimum absolute atomic E-state index is 0.188. The van der Waals surface area contributed by atoms with Crippen LogP contribution < -0.4 is 0 Å². The van der Waals surface area contributed by atoms with Crippen molar-refractivity contribution in [2.75, 3.05) is 0 Å². The maximum atomic E-state index is 12.6. The molecule has 0 unspecified atom stereocenters. The molecule has 0 spiro atoms. The standard InChI is InChI=1S/C21H22N2O4S/c1-11(2)22-19(24)18(28-21(22)27)10-16-8-13(4)23(14(16)5)17-9-15(20(25)26)7-6-12(17)3/h6-11H,1-5H3,(H,25,26)/b18-10+. The van der Waals surface area contributed by atoms with Crippen LogP contribution in [-0.4, -0.2) is 37.7 Å². The summed E-state index contributed by atoms with van der Waals surface area (Å²) in [6.07, 6.45) is 1.74. The summed E-state index contributed by atoms with van der Waals surface area (Å²) in [6, 6.07) is 6.76. The number of imide groups is 1. The van der Waals surface area contributed by atoms with Gasteiger partial charge in [-0.25, -0.2) is 4.79 Å². The van der Waals surface area contributed by atoms with E-state index in [2.05, 4.69) is 0 Å². The highest BCUT2D eigenvalue weighted by Crippen LogP contribution is 2.35. The summed E-state index contributed by atoms with van der Waals surface area (Å²) in [5.74, 6) is -1.26. The van der Waals surface area contributed by atoms with Gasteiger partial charge in [0, 0.05) is 23.1 Å². The second-order valence-electron chi connectivity index (χ2n) is 7.11. The van der Waals surface area contributed by atoms with Crippen molar-refractivity contribution in [2.45, 2.75) is 40.7 Å². The molecule has 2 heterocycles. The number of aryl methyl sites for hydroxylation is 2. The van der Waals surface area contributed by atoms with Gasteiger partial charge in [-0.05, 0) is 81.8 Å². The number of hydrogen-bond donors (Lipinski definition) is 1. The Morgan fingerprint density at radius 3 is 2.39 bits per heavy atom. The quantitative estimate of drug-likeness (QED) is 0.765. The van der Waals surface area contributed by atoms with Crippen LogP contribution in [0.2, 0.25) is 0 Å². The van der Waals surface area contributed by atoms with Crippen LogP contribution in [-0.2, 0) is 4.79 Å². The molecule has 0 radical (unpaired) electrons. The molecule has 146 valence electrons. The molecule has 0 bridgehead atoms. The van der Waals surface area contributed by atoms with Crippen molar-refractivity contribution in [1.29, 1.82) is 0 Å². The fraction of sp³-hybridized carbons (Fsp3) is 0.286. The molecule has 1 N–H and O–H groups in total. The van der Waals surface area contributed by atoms with E-state index in [0.717, 1.165) is 40.0 Å². The first-order valence-corrected chi connectivity index (χ1v) is 9.73. The Morgan fingerprint density at radius 2 is 1.82 bits per heavy atom. The third-order valence-corrected chi connectivity index (χ3v) is 5.68. The number of carbonyl (C=O) groups is 3. The molecule has 28 heavy (non-hydrogen) atoms. The van der Waals surface area contributed by atoms with Crippen molar-refractivity contribution < 1.29 is 19.5 Å². The molecule has 1 aliphatic rings. The molecule has 1 saturated heterocycles. The Morgan fingerprint density at radius 1 is 1.14 bits per heavy atom. The van der Waals surface area contributed by atoms with Gasteiger partial charge in [0.1, 0.15) is 0 Å². The van der Waals surface area contributed by atoms with E-state index in [0.29, 0.717) is 4.91 Å². The lowest BCUT2D eigenvalue weighted by atomic mass is 10.1. The van der Waals surface area contributed by atoms with E-state index in [-0.39, 0.29) is 22.8 Å². The summed E-state index contributed by atoms with van der Waals surface area (Å²) in [6.45, 7) is 9.38. The average molecular weight is 398 g/mol. The molecule has 0 aliphatic carbocycles. The van der Waals surface area contributed by atoms with Gasteiger partial charge >= 0.3 is 5.97 Å². The summed E-state index contributed by atoms with van der Waals surface area (Å²) >= 11 is 0.946. The van der Waals surface area contributed by atoms with Crippen molar-refractivity contribution in [3.63, 3.8) is 0 Å². The maximum Gasteiger partial charge on any atom is 0.335 e. The van der Waals surface area contributed by atoms with Crippen LogP contribution in [0.4, 0.5) is 4.79 Å². The van der Waals surface area contributed by atoms with Crippen molar-refractivity contribution in [1.82, 2.24) is 9.47 Å². The number of carboxylic acid groups (broad SMARTS) is 1. The first kappa shape index (κ1) is 19.9. The molecule has 7 heteroatoms. The highest BCUT2D eigenvalue weighted by molar-refractivity contribution is 8.18. The summed E-state index contributed by atoms with van der Waals surface area (Å²) in [5.41, 5.74) is 4.56. The minimum atomic E-state index is -0.980. The van der Waals surface area contributed by atoms with E-state index in [4.69, 9.17) is 0 Å². The van der Waals surface area contributed by atoms with Crippen LogP contribution in [0.1, 0.15) is 46.7 Å². The molecular weight excluding hydrogens is 376 g/mol. The zero-order chi connectivity index (χ0) is 20.7. The molecule has 0 atom stereocenters. The molecule has 1 fully saturated rings. The van der Waals surface area contributed by atoms with Gasteiger partial charge in [-0.15, -0.1) is 0 Å². The number of carbonyl (C=O) groups excluding carboxylic acids is 2. The predicted octanol–water partition coefficient (Wildman–Crippen LogP) is 4.55. The van der Waals surface area contributed by atoms with Crippen LogP contribution in [0.3, 0.4) is 0 Å². The van der Waals surface area contributed by atoms with E-state index in [9.17, 15) is 19.5 Å². The van der Waals surface area contributed by atoms with E-state index in [1.807, 2.05) is 45.3 Å². The van der Waals surface area contributed by atoms with Crippen molar-refractivity contribution in [2.24, 2.45) is 0 Å². The first-order valence-electron chi connectivity index (χ1n) is 8.92. The maximum absolute atomic E-state index is 12.6. The Balaban J connectivity index is 2.07. The van der Waals surface area contributed by atoms with Crippen LogP contribution in [0, 0.1) is 20.8 Å². The molecule has 2 amide bonds. The topological polar surface area (TPSA) is 79.6 Å². The summed E-state index contributed by atoms with van der Waals surface area (Å²) in [5, 5.41) is 9.05. The molecule has 3 rings (SSSR count). The van der Waals surface area contributed by atoms with Crippen LogP contribution in [0.5, 0.6) is 0 Å². The fourth-order valence-electron chi connectivity index (χ4n) is 3.35. The lowest BCUT2D eigenvalue weighted by Gasteiger charge is -2.16. The average Bonchev–Trinajstić information content (AvgIpc) is 3.04. The molecule has 0 saturated carbocycles. The van der Waals surface area contributed by atoms with Crippen LogP contribution in [0.25, 0.3) is 11.8 Å². The lowest BCUT2D eigenvalue weighted by molar-refractivity contribution is -0.123. The van der Waals surface area contributed by atoms with Crippen molar-refractivity contribution >= 4 is 35.0 Å². The molecule has 1 aliphatic heterocycles. The molecule has 1 aromatic heterocycles. The number of aromatic nitrogens is 1. The molecular formula is C21H22N2O4S. The minimum Gasteiger partial charge on any atom is -0.478 e. The molecule has 6 nitrogen and oxygen atoms in total. The van der Waals surface area contributed by atoms with Gasteiger partial charge in [0.05, 0.1) is 10.5 Å². The second-order valence-corrected chi connectivity index (χ2v) is 8.11. The SMILES string of the molecule is Cc1ccc(C(=O)O)cc1-n1c(C)cc(/C=C2/SC(=O)N(C(C)C)C2=O)c1C. The summed E-state index contributed by atoms with van der Waals surface area (Å²) in [7, 11) is 0. The van der Waals surface area contributed by atoms with Crippen molar-refractivity contribution in [3.8, 4) is 5.69 Å². The summed E-state index contributed by atoms with van der Waals surface area (Å²) < 4.78 is 1.97. The zero-order valence-electron chi connectivity index (χ0n) is 16.4. The van der Waals surface area contributed by atoms with Gasteiger partial charge in [-0.3, -0.25) is 14.5 Å². The van der Waals surface area contributed by atoms with E-state index in [1.165, 1.54) is 4.90 Å². The Bertz CT molecular complexity index is 1030. The first-order chi connectivity index (χ1) is 13.1. The third-order valence-electron chi connectivity index (χ3n) is 4.79. The number of rotatable bonds is 4. The highest BCUT2D eigenvalue weighted by atomic mass is 32.2. The number of benzene rings is 1. The monoisotopic (exact) mass is 398 g/mol. The number of thioether (sulfide) groups is 1. The predicted molar refractivity (Wildman–Crippen MR) is 110 cm³/mol. The van der Waals surface area contributed by atoms with Gasteiger partial charge < -0.3 is 9.67 Å².